The molecule has 4 aromatic rings. The summed E-state index contributed by atoms with van der Waals surface area (Å²) in [5, 5.41) is 13.9. The van der Waals surface area contributed by atoms with Gasteiger partial charge in [0.05, 0.1) is 11.9 Å². The lowest BCUT2D eigenvalue weighted by Crippen LogP contribution is -2.47. The fourth-order valence-corrected chi connectivity index (χ4v) is 4.57. The van der Waals surface area contributed by atoms with E-state index in [1.165, 1.54) is 6.07 Å². The fourth-order valence-electron chi connectivity index (χ4n) is 4.37. The Morgan fingerprint density at radius 2 is 1.67 bits per heavy atom. The van der Waals surface area contributed by atoms with Crippen molar-refractivity contribution >= 4 is 29.3 Å². The van der Waals surface area contributed by atoms with Gasteiger partial charge in [0.2, 0.25) is 5.91 Å². The molecular formula is C31H35ClN6O4. The van der Waals surface area contributed by atoms with Crippen molar-refractivity contribution in [2.24, 2.45) is 7.05 Å². The highest BCUT2D eigenvalue weighted by Crippen LogP contribution is 2.27. The molecule has 2 amide bonds. The lowest BCUT2D eigenvalue weighted by atomic mass is 9.99. The van der Waals surface area contributed by atoms with E-state index < -0.39 is 23.6 Å². The third-order valence-corrected chi connectivity index (χ3v) is 6.84. The maximum Gasteiger partial charge on any atom is 0.408 e. The Bertz CT molecular complexity index is 1640. The van der Waals surface area contributed by atoms with Crippen LogP contribution in [0, 0.1) is 0 Å². The monoisotopic (exact) mass is 590 g/mol. The van der Waals surface area contributed by atoms with Crippen LogP contribution in [-0.4, -0.2) is 43.2 Å². The van der Waals surface area contributed by atoms with E-state index in [0.29, 0.717) is 16.3 Å². The third-order valence-electron chi connectivity index (χ3n) is 6.47. The molecule has 0 bridgehead atoms. The highest BCUT2D eigenvalue weighted by Gasteiger charge is 2.26. The van der Waals surface area contributed by atoms with Crippen molar-refractivity contribution in [3.63, 3.8) is 0 Å². The molecule has 0 spiro atoms. The molecule has 11 heteroatoms. The molecule has 0 saturated carbocycles. The number of rotatable bonds is 8. The second-order valence-corrected chi connectivity index (χ2v) is 11.7. The van der Waals surface area contributed by atoms with Gasteiger partial charge in [-0.25, -0.2) is 9.48 Å². The summed E-state index contributed by atoms with van der Waals surface area (Å²) in [5.41, 5.74) is 3.71. The number of nitrogens with one attached hydrogen (secondary N) is 2. The van der Waals surface area contributed by atoms with Crippen LogP contribution in [0.4, 0.5) is 10.5 Å². The maximum absolute atomic E-state index is 13.5. The highest BCUT2D eigenvalue weighted by molar-refractivity contribution is 6.31. The Kier molecular flexibility index (Phi) is 9.16. The van der Waals surface area contributed by atoms with Crippen molar-refractivity contribution in [1.29, 1.82) is 0 Å². The summed E-state index contributed by atoms with van der Waals surface area (Å²) in [6.45, 7) is 9.12. The molecule has 0 aliphatic heterocycles. The molecule has 1 atom stereocenters. The van der Waals surface area contributed by atoms with E-state index in [4.69, 9.17) is 16.3 Å². The molecule has 220 valence electrons. The Morgan fingerprint density at radius 1 is 1.00 bits per heavy atom. The van der Waals surface area contributed by atoms with E-state index in [9.17, 15) is 14.4 Å². The molecule has 42 heavy (non-hydrogen) atoms. The number of carbonyl (C=O) groups excluding carboxylic acids is 2. The molecule has 1 unspecified atom stereocenters. The number of pyridine rings is 1. The van der Waals surface area contributed by atoms with Crippen molar-refractivity contribution in [3.8, 4) is 22.4 Å². The van der Waals surface area contributed by atoms with Gasteiger partial charge in [0.1, 0.15) is 11.6 Å². The molecule has 10 nitrogen and oxygen atoms in total. The first-order valence-electron chi connectivity index (χ1n) is 13.6. The number of halogens is 1. The summed E-state index contributed by atoms with van der Waals surface area (Å²) in [6.07, 6.45) is 2.83. The third kappa shape index (κ3) is 7.64. The summed E-state index contributed by atoms with van der Waals surface area (Å²) in [5.74, 6) is -0.439. The minimum absolute atomic E-state index is 0.00908. The molecule has 2 N–H and O–H groups in total. The molecular weight excluding hydrogens is 556 g/mol. The summed E-state index contributed by atoms with van der Waals surface area (Å²) in [4.78, 5) is 38.5. The predicted octanol–water partition coefficient (Wildman–Crippen LogP) is 5.62. The SMILES string of the molecule is CC(C)n1cc(-c2ccc(Cl)c(CC(NC(=O)OC(C)(C)C)C(=O)Nc3ccc(-c4cnnn4C)cc3)c2)ccc1=O. The molecule has 0 radical (unpaired) electrons. The first kappa shape index (κ1) is 30.5. The zero-order valence-corrected chi connectivity index (χ0v) is 25.3. The van der Waals surface area contributed by atoms with Crippen LogP contribution in [-0.2, 0) is 23.0 Å². The molecule has 0 aliphatic carbocycles. The number of benzene rings is 2. The van der Waals surface area contributed by atoms with Gasteiger partial charge >= 0.3 is 6.09 Å². The standard InChI is InChI=1S/C31H35ClN6O4/c1-19(2)38-18-22(10-14-28(38)39)21-9-13-25(32)23(15-21)16-26(35-30(41)42-31(3,4)5)29(40)34-24-11-7-20(8-12-24)27-17-33-36-37(27)6/h7-15,17-19,26H,16H2,1-6H3,(H,34,40)(H,35,41). The van der Waals surface area contributed by atoms with Crippen LogP contribution in [0.15, 0.2) is 71.8 Å². The molecule has 2 heterocycles. The van der Waals surface area contributed by atoms with Crippen molar-refractivity contribution < 1.29 is 14.3 Å². The Hall–Kier alpha value is -4.44. The van der Waals surface area contributed by atoms with Gasteiger partial charge in [0.25, 0.3) is 5.56 Å². The van der Waals surface area contributed by atoms with Gasteiger partial charge in [-0.15, -0.1) is 5.10 Å². The summed E-state index contributed by atoms with van der Waals surface area (Å²) < 4.78 is 8.74. The van der Waals surface area contributed by atoms with Crippen LogP contribution in [0.25, 0.3) is 22.4 Å². The summed E-state index contributed by atoms with van der Waals surface area (Å²) in [7, 11) is 1.80. The van der Waals surface area contributed by atoms with Crippen LogP contribution >= 0.6 is 11.6 Å². The highest BCUT2D eigenvalue weighted by atomic mass is 35.5. The minimum Gasteiger partial charge on any atom is -0.444 e. The van der Waals surface area contributed by atoms with Crippen LogP contribution < -0.4 is 16.2 Å². The van der Waals surface area contributed by atoms with Crippen LogP contribution in [0.5, 0.6) is 0 Å². The number of aryl methyl sites for hydroxylation is 1. The topological polar surface area (TPSA) is 120 Å². The Morgan fingerprint density at radius 3 is 2.29 bits per heavy atom. The largest absolute Gasteiger partial charge is 0.444 e. The van der Waals surface area contributed by atoms with Crippen molar-refractivity contribution in [3.05, 3.63) is 87.9 Å². The second kappa shape index (κ2) is 12.6. The smallest absolute Gasteiger partial charge is 0.408 e. The average Bonchev–Trinajstić information content (AvgIpc) is 3.34. The Balaban J connectivity index is 1.60. The zero-order valence-electron chi connectivity index (χ0n) is 24.5. The Labute approximate surface area is 249 Å². The summed E-state index contributed by atoms with van der Waals surface area (Å²) >= 11 is 6.58. The van der Waals surface area contributed by atoms with Crippen molar-refractivity contribution in [2.45, 2.75) is 58.7 Å². The lowest BCUT2D eigenvalue weighted by molar-refractivity contribution is -0.118. The normalized spacial score (nSPS) is 12.2. The van der Waals surface area contributed by atoms with Crippen molar-refractivity contribution in [2.75, 3.05) is 5.32 Å². The zero-order chi connectivity index (χ0) is 30.6. The second-order valence-electron chi connectivity index (χ2n) is 11.3. The van der Waals surface area contributed by atoms with Crippen LogP contribution in [0.2, 0.25) is 5.02 Å². The number of carbonyl (C=O) groups is 2. The van der Waals surface area contributed by atoms with Gasteiger partial charge < -0.3 is 19.9 Å². The predicted molar refractivity (Wildman–Crippen MR) is 163 cm³/mol. The first-order chi connectivity index (χ1) is 19.8. The van der Waals surface area contributed by atoms with Gasteiger partial charge in [0, 0.05) is 48.0 Å². The van der Waals surface area contributed by atoms with E-state index >= 15 is 0 Å². The molecule has 2 aromatic heterocycles. The van der Waals surface area contributed by atoms with E-state index in [-0.39, 0.29) is 18.0 Å². The number of hydrogen-bond acceptors (Lipinski definition) is 6. The lowest BCUT2D eigenvalue weighted by Gasteiger charge is -2.24. The number of anilines is 1. The van der Waals surface area contributed by atoms with E-state index in [2.05, 4.69) is 20.9 Å². The fraction of sp³-hybridized carbons (Fsp3) is 0.323. The van der Waals surface area contributed by atoms with Gasteiger partial charge in [-0.1, -0.05) is 35.0 Å². The van der Waals surface area contributed by atoms with E-state index in [0.717, 1.165) is 22.4 Å². The van der Waals surface area contributed by atoms with Gasteiger partial charge in [-0.3, -0.25) is 9.59 Å². The van der Waals surface area contributed by atoms with Gasteiger partial charge in [0.15, 0.2) is 0 Å². The quantitative estimate of drug-likeness (QED) is 0.275. The number of alkyl carbamates (subject to hydrolysis) is 1. The minimum atomic E-state index is -1.00. The average molecular weight is 591 g/mol. The maximum atomic E-state index is 13.5. The van der Waals surface area contributed by atoms with Gasteiger partial charge in [-0.05, 0) is 81.6 Å². The number of ether oxygens (including phenoxy) is 1. The van der Waals surface area contributed by atoms with Crippen molar-refractivity contribution in [1.82, 2.24) is 24.9 Å². The van der Waals surface area contributed by atoms with Gasteiger partial charge in [-0.2, -0.15) is 0 Å². The first-order valence-corrected chi connectivity index (χ1v) is 13.9. The molecule has 4 rings (SSSR count). The number of aromatic nitrogens is 4. The molecule has 0 saturated heterocycles. The number of hydrogen-bond donors (Lipinski definition) is 2. The van der Waals surface area contributed by atoms with Crippen LogP contribution in [0.1, 0.15) is 46.2 Å². The van der Waals surface area contributed by atoms with E-state index in [1.54, 1.807) is 73.7 Å². The molecule has 0 fully saturated rings. The van der Waals surface area contributed by atoms with Crippen LogP contribution in [0.3, 0.4) is 0 Å². The molecule has 0 aliphatic rings. The molecule has 2 aromatic carbocycles. The number of amides is 2. The summed E-state index contributed by atoms with van der Waals surface area (Å²) in [6, 6.07) is 15.0. The van der Waals surface area contributed by atoms with E-state index in [1.807, 2.05) is 38.1 Å². The number of nitrogens with zero attached hydrogens (tertiary/aromatic N) is 4.